The van der Waals surface area contributed by atoms with E-state index in [1.54, 1.807) is 0 Å². The zero-order valence-electron chi connectivity index (χ0n) is 16.3. The van der Waals surface area contributed by atoms with Crippen LogP contribution in [0.5, 0.6) is 0 Å². The molecule has 1 N–H and O–H groups in total. The fourth-order valence-corrected chi connectivity index (χ4v) is 4.73. The molecule has 144 valence electrons. The first-order valence-corrected chi connectivity index (χ1v) is 10.4. The predicted molar refractivity (Wildman–Crippen MR) is 102 cm³/mol. The molecule has 2 fully saturated rings. The molecule has 1 aromatic heterocycles. The quantitative estimate of drug-likeness (QED) is 0.895. The van der Waals surface area contributed by atoms with Gasteiger partial charge in [-0.15, -0.1) is 0 Å². The summed E-state index contributed by atoms with van der Waals surface area (Å²) in [5, 5.41) is 8.25. The van der Waals surface area contributed by atoms with E-state index in [0.29, 0.717) is 6.04 Å². The minimum atomic E-state index is -0.0639. The molecule has 26 heavy (non-hydrogen) atoms. The van der Waals surface area contributed by atoms with Crippen LogP contribution in [0.4, 0.5) is 0 Å². The first-order chi connectivity index (χ1) is 12.6. The number of nitrogens with one attached hydrogen (secondary N) is 1. The highest BCUT2D eigenvalue weighted by molar-refractivity contribution is 5.81. The molecule has 1 amide bonds. The number of fused-ring (bicyclic) bond motifs is 1. The van der Waals surface area contributed by atoms with Crippen LogP contribution in [-0.4, -0.2) is 64.8 Å². The third kappa shape index (κ3) is 3.67. The summed E-state index contributed by atoms with van der Waals surface area (Å²) in [6.45, 7) is 6.06. The van der Waals surface area contributed by atoms with Crippen LogP contribution in [0.25, 0.3) is 0 Å². The molecule has 0 bridgehead atoms. The molecule has 2 atom stereocenters. The molecule has 3 aliphatic rings. The van der Waals surface area contributed by atoms with Crippen LogP contribution in [0.1, 0.15) is 68.8 Å². The highest BCUT2D eigenvalue weighted by Gasteiger charge is 2.30. The van der Waals surface area contributed by atoms with E-state index in [4.69, 9.17) is 5.10 Å². The van der Waals surface area contributed by atoms with Gasteiger partial charge in [-0.3, -0.25) is 14.4 Å². The van der Waals surface area contributed by atoms with Gasteiger partial charge in [-0.05, 0) is 51.6 Å². The van der Waals surface area contributed by atoms with Crippen LogP contribution in [0, 0.1) is 0 Å². The molecule has 4 rings (SSSR count). The van der Waals surface area contributed by atoms with E-state index in [-0.39, 0.29) is 18.0 Å². The van der Waals surface area contributed by atoms with Crippen molar-refractivity contribution < 1.29 is 4.79 Å². The maximum atomic E-state index is 12.9. The van der Waals surface area contributed by atoms with E-state index in [2.05, 4.69) is 33.0 Å². The Kier molecular flexibility index (Phi) is 5.32. The van der Waals surface area contributed by atoms with E-state index >= 15 is 0 Å². The van der Waals surface area contributed by atoms with Gasteiger partial charge in [0, 0.05) is 32.4 Å². The lowest BCUT2D eigenvalue weighted by Crippen LogP contribution is -2.53. The van der Waals surface area contributed by atoms with Gasteiger partial charge >= 0.3 is 0 Å². The van der Waals surface area contributed by atoms with Crippen molar-refractivity contribution in [3.05, 3.63) is 17.5 Å². The summed E-state index contributed by atoms with van der Waals surface area (Å²) < 4.78 is 2.20. The van der Waals surface area contributed by atoms with Crippen LogP contribution in [0.2, 0.25) is 0 Å². The minimum absolute atomic E-state index is 0.0639. The summed E-state index contributed by atoms with van der Waals surface area (Å²) >= 11 is 0. The molecule has 1 saturated heterocycles. The number of hydrogen-bond acceptors (Lipinski definition) is 4. The molecular formula is C20H33N5O. The number of piperazine rings is 1. The zero-order valence-corrected chi connectivity index (χ0v) is 16.3. The lowest BCUT2D eigenvalue weighted by atomic mass is 9.93. The van der Waals surface area contributed by atoms with Gasteiger partial charge in [0.2, 0.25) is 5.91 Å². The van der Waals surface area contributed by atoms with E-state index in [1.807, 2.05) is 6.92 Å². The number of carbonyl (C=O) groups is 1. The van der Waals surface area contributed by atoms with E-state index in [0.717, 1.165) is 51.1 Å². The van der Waals surface area contributed by atoms with Gasteiger partial charge in [0.15, 0.2) is 0 Å². The summed E-state index contributed by atoms with van der Waals surface area (Å²) in [6.07, 6.45) is 10.6. The molecule has 6 nitrogen and oxygen atoms in total. The van der Waals surface area contributed by atoms with Gasteiger partial charge in [0.25, 0.3) is 0 Å². The molecule has 0 spiro atoms. The molecule has 6 heteroatoms. The third-order valence-electron chi connectivity index (χ3n) is 6.59. The Labute approximate surface area is 156 Å². The first-order valence-electron chi connectivity index (χ1n) is 10.4. The van der Waals surface area contributed by atoms with Crippen molar-refractivity contribution >= 4 is 5.91 Å². The lowest BCUT2D eigenvalue weighted by Gasteiger charge is -2.36. The Hall–Kier alpha value is -1.40. The topological polar surface area (TPSA) is 53.4 Å². The monoisotopic (exact) mass is 359 g/mol. The number of amides is 1. The van der Waals surface area contributed by atoms with Crippen molar-refractivity contribution in [2.45, 2.75) is 70.0 Å². The summed E-state index contributed by atoms with van der Waals surface area (Å²) in [4.78, 5) is 17.5. The Morgan fingerprint density at radius 2 is 1.88 bits per heavy atom. The molecule has 1 aromatic rings. The highest BCUT2D eigenvalue weighted by atomic mass is 16.2. The van der Waals surface area contributed by atoms with Crippen LogP contribution < -0.4 is 5.32 Å². The van der Waals surface area contributed by atoms with Gasteiger partial charge in [0.1, 0.15) is 0 Å². The van der Waals surface area contributed by atoms with Gasteiger partial charge in [-0.2, -0.15) is 5.10 Å². The normalized spacial score (nSPS) is 26.6. The van der Waals surface area contributed by atoms with E-state index in [9.17, 15) is 4.79 Å². The second-order valence-corrected chi connectivity index (χ2v) is 8.43. The fraction of sp³-hybridized carbons (Fsp3) is 0.800. The number of aryl methyl sites for hydroxylation is 1. The summed E-state index contributed by atoms with van der Waals surface area (Å²) in [7, 11) is 2.15. The number of nitrogens with zero attached hydrogens (tertiary/aromatic N) is 4. The predicted octanol–water partition coefficient (Wildman–Crippen LogP) is 2.13. The molecule has 0 aromatic carbocycles. The molecule has 1 saturated carbocycles. The lowest BCUT2D eigenvalue weighted by molar-refractivity contribution is -0.127. The van der Waals surface area contributed by atoms with Gasteiger partial charge in [-0.25, -0.2) is 0 Å². The van der Waals surface area contributed by atoms with Crippen molar-refractivity contribution in [1.29, 1.82) is 0 Å². The van der Waals surface area contributed by atoms with Crippen molar-refractivity contribution in [2.24, 2.45) is 0 Å². The molecule has 1 aliphatic heterocycles. The van der Waals surface area contributed by atoms with Crippen LogP contribution in [-0.2, 0) is 11.2 Å². The molecule has 0 radical (unpaired) electrons. The van der Waals surface area contributed by atoms with Gasteiger partial charge < -0.3 is 10.2 Å². The molecule has 2 unspecified atom stereocenters. The van der Waals surface area contributed by atoms with Crippen molar-refractivity contribution in [3.8, 4) is 0 Å². The van der Waals surface area contributed by atoms with Crippen molar-refractivity contribution in [3.63, 3.8) is 0 Å². The largest absolute Gasteiger partial charge is 0.346 e. The Morgan fingerprint density at radius 3 is 2.62 bits per heavy atom. The Balaban J connectivity index is 1.41. The average molecular weight is 360 g/mol. The van der Waals surface area contributed by atoms with E-state index in [1.165, 1.54) is 31.2 Å². The van der Waals surface area contributed by atoms with Crippen LogP contribution in [0.3, 0.4) is 0 Å². The Bertz CT molecular complexity index is 628. The number of rotatable bonds is 4. The minimum Gasteiger partial charge on any atom is -0.346 e. The summed E-state index contributed by atoms with van der Waals surface area (Å²) in [6, 6.07) is 0.594. The first kappa shape index (κ1) is 18.0. The van der Waals surface area contributed by atoms with Crippen molar-refractivity contribution in [2.75, 3.05) is 33.2 Å². The number of aromatic nitrogens is 2. The standard InChI is InChI=1S/C20H33N5O/c1-15(24-12-10-23(2)11-13-24)20(26)21-18-9-5-6-16-14-25(22-19(16)18)17-7-3-4-8-17/h14-15,17-18H,3-13H2,1-2H3,(H,21,26). The number of likely N-dealkylation sites (N-methyl/N-ethyl adjacent to an activating group) is 1. The highest BCUT2D eigenvalue weighted by Crippen LogP contribution is 2.33. The average Bonchev–Trinajstić information content (AvgIpc) is 3.31. The molecular weight excluding hydrogens is 326 g/mol. The maximum absolute atomic E-state index is 12.9. The number of carbonyl (C=O) groups excluding carboxylic acids is 1. The Morgan fingerprint density at radius 1 is 1.15 bits per heavy atom. The van der Waals surface area contributed by atoms with Crippen LogP contribution >= 0.6 is 0 Å². The summed E-state index contributed by atoms with van der Waals surface area (Å²) in [5.41, 5.74) is 2.47. The summed E-state index contributed by atoms with van der Waals surface area (Å²) in [5.74, 6) is 0.155. The SMILES string of the molecule is CC(C(=O)NC1CCCc2cn(C3CCCC3)nc21)N1CCN(C)CC1. The smallest absolute Gasteiger partial charge is 0.237 e. The molecule has 2 aliphatic carbocycles. The third-order valence-corrected chi connectivity index (χ3v) is 6.59. The fourth-order valence-electron chi connectivity index (χ4n) is 4.73. The van der Waals surface area contributed by atoms with Crippen LogP contribution in [0.15, 0.2) is 6.20 Å². The van der Waals surface area contributed by atoms with E-state index < -0.39 is 0 Å². The zero-order chi connectivity index (χ0) is 18.1. The van der Waals surface area contributed by atoms with Gasteiger partial charge in [0.05, 0.1) is 23.8 Å². The molecule has 2 heterocycles. The number of hydrogen-bond donors (Lipinski definition) is 1. The second kappa shape index (κ2) is 7.69. The second-order valence-electron chi connectivity index (χ2n) is 8.43. The maximum Gasteiger partial charge on any atom is 0.237 e. The van der Waals surface area contributed by atoms with Crippen molar-refractivity contribution in [1.82, 2.24) is 24.9 Å². The van der Waals surface area contributed by atoms with Gasteiger partial charge in [-0.1, -0.05) is 12.8 Å².